The smallest absolute Gasteiger partial charge is 0.244 e. The van der Waals surface area contributed by atoms with Crippen molar-refractivity contribution in [3.63, 3.8) is 0 Å². The number of nitrogens with one attached hydrogen (secondary N) is 1. The lowest BCUT2D eigenvalue weighted by Gasteiger charge is -1.98. The molecule has 9 heteroatoms. The van der Waals surface area contributed by atoms with Crippen LogP contribution in [-0.4, -0.2) is 23.4 Å². The summed E-state index contributed by atoms with van der Waals surface area (Å²) in [5.74, 6) is 1.75. The maximum Gasteiger partial charge on any atom is 0.387 e. The Labute approximate surface area is 69.3 Å². The van der Waals surface area contributed by atoms with Gasteiger partial charge in [-0.2, -0.15) is 16.8 Å². The van der Waals surface area contributed by atoms with Crippen LogP contribution in [0.2, 0.25) is 0 Å². The van der Waals surface area contributed by atoms with Crippen molar-refractivity contribution < 1.29 is 24.9 Å². The summed E-state index contributed by atoms with van der Waals surface area (Å²) in [6.07, 6.45) is 4.59. The van der Waals surface area contributed by atoms with E-state index in [2.05, 4.69) is 10.6 Å². The molecule has 0 amide bonds. The first kappa shape index (κ1) is 11.3. The van der Waals surface area contributed by atoms with Gasteiger partial charge in [-0.05, 0) is 0 Å². The Bertz CT molecular complexity index is 375. The third-order valence-corrected chi connectivity index (χ3v) is 2.54. The Kier molecular flexibility index (Phi) is 3.59. The molecule has 0 aromatic carbocycles. The minimum atomic E-state index is -5.34. The van der Waals surface area contributed by atoms with Crippen molar-refractivity contribution in [2.45, 2.75) is 0 Å². The first-order chi connectivity index (χ1) is 5.27. The summed E-state index contributed by atoms with van der Waals surface area (Å²) in [7, 11) is -10.0. The van der Waals surface area contributed by atoms with Gasteiger partial charge in [0.1, 0.15) is 6.61 Å². The lowest BCUT2D eigenvalue weighted by atomic mass is 10.8. The number of terminal acetylenes is 1. The van der Waals surface area contributed by atoms with E-state index in [0.717, 1.165) is 0 Å². The lowest BCUT2D eigenvalue weighted by Crippen LogP contribution is -2.29. The van der Waals surface area contributed by atoms with E-state index in [1.54, 1.807) is 5.92 Å². The quantitative estimate of drug-likeness (QED) is 0.466. The highest BCUT2D eigenvalue weighted by Gasteiger charge is 2.19. The predicted molar refractivity (Wildman–Crippen MR) is 36.9 cm³/mol. The van der Waals surface area contributed by atoms with Gasteiger partial charge in [0.15, 0.2) is 0 Å². The van der Waals surface area contributed by atoms with Crippen molar-refractivity contribution in [2.75, 3.05) is 6.61 Å². The maximum absolute atomic E-state index is 11.7. The molecule has 0 heterocycles. The first-order valence-corrected chi connectivity index (χ1v) is 5.12. The summed E-state index contributed by atoms with van der Waals surface area (Å²) in [4.78, 5) is 0. The molecular weight excluding hydrogens is 213 g/mol. The van der Waals surface area contributed by atoms with Gasteiger partial charge in [0.25, 0.3) is 0 Å². The maximum atomic E-state index is 11.7. The average Bonchev–Trinajstić information content (AvgIpc) is 1.78. The van der Waals surface area contributed by atoms with Crippen molar-refractivity contribution in [1.29, 1.82) is 0 Å². The number of halogens is 1. The fourth-order valence-electron chi connectivity index (χ4n) is 0.258. The van der Waals surface area contributed by atoms with Gasteiger partial charge >= 0.3 is 20.7 Å². The summed E-state index contributed by atoms with van der Waals surface area (Å²) in [6.45, 7) is -0.676. The Morgan fingerprint density at radius 2 is 1.92 bits per heavy atom. The molecule has 0 aliphatic carbocycles. The van der Waals surface area contributed by atoms with E-state index in [1.165, 1.54) is 0 Å². The highest BCUT2D eigenvalue weighted by Crippen LogP contribution is 1.92. The normalized spacial score (nSPS) is 12.3. The predicted octanol–water partition coefficient (Wildman–Crippen LogP) is -1.32. The van der Waals surface area contributed by atoms with Gasteiger partial charge in [-0.1, -0.05) is 13.9 Å². The molecule has 1 N–H and O–H groups in total. The van der Waals surface area contributed by atoms with E-state index in [1.807, 2.05) is 0 Å². The number of hydrogen-bond acceptors (Lipinski definition) is 5. The molecule has 0 saturated heterocycles. The second-order valence-corrected chi connectivity index (χ2v) is 4.13. The fraction of sp³-hybridized carbons (Fsp3) is 0.333. The van der Waals surface area contributed by atoms with Crippen LogP contribution in [0.5, 0.6) is 0 Å². The molecule has 0 fully saturated rings. The third-order valence-electron chi connectivity index (χ3n) is 0.499. The van der Waals surface area contributed by atoms with Crippen LogP contribution in [0.1, 0.15) is 0 Å². The van der Waals surface area contributed by atoms with Crippen molar-refractivity contribution >= 4 is 20.7 Å². The summed E-state index contributed by atoms with van der Waals surface area (Å²) >= 11 is 0. The molecule has 0 aromatic heterocycles. The van der Waals surface area contributed by atoms with Crippen LogP contribution in [0, 0.1) is 12.3 Å². The second kappa shape index (κ2) is 3.81. The Morgan fingerprint density at radius 3 is 2.25 bits per heavy atom. The van der Waals surface area contributed by atoms with E-state index < -0.39 is 27.3 Å². The van der Waals surface area contributed by atoms with Crippen LogP contribution >= 0.6 is 0 Å². The standard InChI is InChI=1S/C3H4FNO5S2/c1-2-3-10-12(8,9)5-11(4,6)7/h1,5H,3H2. The second-order valence-electron chi connectivity index (χ2n) is 1.44. The highest BCUT2D eigenvalue weighted by atomic mass is 32.3. The topological polar surface area (TPSA) is 89.5 Å². The summed E-state index contributed by atoms with van der Waals surface area (Å²) in [5.41, 5.74) is 0. The van der Waals surface area contributed by atoms with Crippen LogP contribution in [0.25, 0.3) is 0 Å². The Morgan fingerprint density at radius 1 is 1.42 bits per heavy atom. The van der Waals surface area contributed by atoms with E-state index in [-0.39, 0.29) is 0 Å². The molecular formula is C3H4FNO5S2. The van der Waals surface area contributed by atoms with Crippen LogP contribution in [0.3, 0.4) is 0 Å². The van der Waals surface area contributed by atoms with Crippen molar-refractivity contribution in [1.82, 2.24) is 4.13 Å². The molecule has 0 unspecified atom stereocenters. The Balaban J connectivity index is 4.39. The summed E-state index contributed by atoms with van der Waals surface area (Å²) < 4.78 is 56.2. The van der Waals surface area contributed by atoms with Gasteiger partial charge in [0.2, 0.25) is 0 Å². The van der Waals surface area contributed by atoms with Crippen molar-refractivity contribution in [3.8, 4) is 12.3 Å². The van der Waals surface area contributed by atoms with E-state index >= 15 is 0 Å². The van der Waals surface area contributed by atoms with Gasteiger partial charge in [0.05, 0.1) is 0 Å². The molecule has 0 spiro atoms. The van der Waals surface area contributed by atoms with Gasteiger partial charge in [-0.15, -0.1) is 6.42 Å². The molecule has 0 saturated carbocycles. The summed E-state index contributed by atoms with van der Waals surface area (Å²) in [6, 6.07) is 0. The molecule has 0 aliphatic rings. The Hall–Kier alpha value is -0.690. The monoisotopic (exact) mass is 217 g/mol. The molecule has 0 bridgehead atoms. The van der Waals surface area contributed by atoms with Gasteiger partial charge in [-0.3, -0.25) is 0 Å². The molecule has 0 aromatic rings. The van der Waals surface area contributed by atoms with Crippen LogP contribution in [0.15, 0.2) is 0 Å². The third kappa shape index (κ3) is 6.05. The zero-order chi connectivity index (χ0) is 9.83. The lowest BCUT2D eigenvalue weighted by molar-refractivity contribution is 0.359. The van der Waals surface area contributed by atoms with E-state index in [9.17, 15) is 20.7 Å². The summed E-state index contributed by atoms with van der Waals surface area (Å²) in [5, 5.41) is 0. The van der Waals surface area contributed by atoms with Gasteiger partial charge < -0.3 is 0 Å². The molecule has 0 atom stereocenters. The largest absolute Gasteiger partial charge is 0.387 e. The first-order valence-electron chi connectivity index (χ1n) is 2.33. The number of rotatable bonds is 4. The molecule has 0 rings (SSSR count). The van der Waals surface area contributed by atoms with Gasteiger partial charge in [-0.25, -0.2) is 4.18 Å². The zero-order valence-electron chi connectivity index (χ0n) is 5.52. The SMILES string of the molecule is C#CCOS(=O)(=O)NS(=O)(=O)F. The van der Waals surface area contributed by atoms with E-state index in [0.29, 0.717) is 4.13 Å². The van der Waals surface area contributed by atoms with E-state index in [4.69, 9.17) is 0 Å². The fourth-order valence-corrected chi connectivity index (χ4v) is 1.65. The average molecular weight is 217 g/mol. The van der Waals surface area contributed by atoms with Crippen LogP contribution in [-0.2, 0) is 24.9 Å². The molecule has 70 valence electrons. The van der Waals surface area contributed by atoms with Crippen molar-refractivity contribution in [2.24, 2.45) is 0 Å². The number of hydrogen-bond donors (Lipinski definition) is 1. The molecule has 0 radical (unpaired) electrons. The van der Waals surface area contributed by atoms with Gasteiger partial charge in [0, 0.05) is 0 Å². The van der Waals surface area contributed by atoms with Crippen LogP contribution < -0.4 is 4.13 Å². The minimum absolute atomic E-state index is 0.590. The molecule has 6 nitrogen and oxygen atoms in total. The highest BCUT2D eigenvalue weighted by molar-refractivity contribution is 8.00. The molecule has 12 heavy (non-hydrogen) atoms. The van der Waals surface area contributed by atoms with Crippen LogP contribution in [0.4, 0.5) is 3.89 Å². The van der Waals surface area contributed by atoms with Crippen molar-refractivity contribution in [3.05, 3.63) is 0 Å². The minimum Gasteiger partial charge on any atom is -0.244 e. The molecule has 0 aliphatic heterocycles. The zero-order valence-corrected chi connectivity index (χ0v) is 7.15.